The molecule has 0 atom stereocenters. The average Bonchev–Trinajstić information content (AvgIpc) is 3.44. The molecule has 3 aromatic carbocycles. The van der Waals surface area contributed by atoms with Crippen LogP contribution in [0.15, 0.2) is 77.9 Å². The fourth-order valence-electron chi connectivity index (χ4n) is 4.18. The van der Waals surface area contributed by atoms with Crippen LogP contribution in [0.5, 0.6) is 5.75 Å². The van der Waals surface area contributed by atoms with Crippen LogP contribution in [-0.4, -0.2) is 35.2 Å². The van der Waals surface area contributed by atoms with Gasteiger partial charge in [0.05, 0.1) is 29.5 Å². The fourth-order valence-corrected chi connectivity index (χ4v) is 4.18. The largest absolute Gasteiger partial charge is 0.494 e. The Labute approximate surface area is 212 Å². The minimum absolute atomic E-state index is 0.0666. The lowest BCUT2D eigenvalue weighted by molar-refractivity contribution is 0.0953. The first-order chi connectivity index (χ1) is 18.0. The molecule has 0 bridgehead atoms. The molecule has 0 spiro atoms. The fraction of sp³-hybridized carbons (Fsp3) is 0.172. The minimum atomic E-state index is -0.501. The Morgan fingerprint density at radius 1 is 0.946 bits per heavy atom. The van der Waals surface area contributed by atoms with Crippen molar-refractivity contribution < 1.29 is 18.3 Å². The SMILES string of the molecule is COc1cc(-c2nc3cc(C(=O)NCCCC4=NC=CC4)ccc3nc2-c2ccc(F)cc2)ccc1F. The van der Waals surface area contributed by atoms with E-state index in [0.29, 0.717) is 45.7 Å². The van der Waals surface area contributed by atoms with Crippen molar-refractivity contribution in [2.45, 2.75) is 19.3 Å². The quantitative estimate of drug-likeness (QED) is 0.297. The number of nitrogens with zero attached hydrogens (tertiary/aromatic N) is 3. The Morgan fingerprint density at radius 3 is 2.46 bits per heavy atom. The maximum Gasteiger partial charge on any atom is 0.251 e. The topological polar surface area (TPSA) is 76.5 Å². The number of amides is 1. The predicted octanol–water partition coefficient (Wildman–Crippen LogP) is 6.12. The summed E-state index contributed by atoms with van der Waals surface area (Å²) in [6.07, 6.45) is 6.34. The molecule has 186 valence electrons. The second-order valence-corrected chi connectivity index (χ2v) is 8.62. The smallest absolute Gasteiger partial charge is 0.251 e. The highest BCUT2D eigenvalue weighted by Gasteiger charge is 2.17. The summed E-state index contributed by atoms with van der Waals surface area (Å²) in [5.41, 5.74) is 4.84. The molecule has 1 aliphatic heterocycles. The molecule has 1 aromatic heterocycles. The van der Waals surface area contributed by atoms with E-state index in [4.69, 9.17) is 14.7 Å². The summed E-state index contributed by atoms with van der Waals surface area (Å²) in [4.78, 5) is 26.7. The Kier molecular flexibility index (Phi) is 6.98. The number of nitrogens with one attached hydrogen (secondary N) is 1. The number of methoxy groups -OCH3 is 1. The lowest BCUT2D eigenvalue weighted by Crippen LogP contribution is -2.24. The van der Waals surface area contributed by atoms with Gasteiger partial charge in [-0.3, -0.25) is 9.79 Å². The summed E-state index contributed by atoms with van der Waals surface area (Å²) in [5.74, 6) is -1.01. The monoisotopic (exact) mass is 498 g/mol. The van der Waals surface area contributed by atoms with Crippen molar-refractivity contribution in [2.75, 3.05) is 13.7 Å². The van der Waals surface area contributed by atoms with Crippen molar-refractivity contribution in [2.24, 2.45) is 4.99 Å². The number of halogens is 2. The second kappa shape index (κ2) is 10.7. The van der Waals surface area contributed by atoms with Crippen molar-refractivity contribution in [1.82, 2.24) is 15.3 Å². The van der Waals surface area contributed by atoms with Crippen LogP contribution in [0.4, 0.5) is 8.78 Å². The van der Waals surface area contributed by atoms with Crippen LogP contribution in [-0.2, 0) is 0 Å². The second-order valence-electron chi connectivity index (χ2n) is 8.62. The van der Waals surface area contributed by atoms with Crippen molar-refractivity contribution >= 4 is 22.7 Å². The first kappa shape index (κ1) is 24.2. The van der Waals surface area contributed by atoms with Crippen LogP contribution >= 0.6 is 0 Å². The Hall–Kier alpha value is -4.46. The van der Waals surface area contributed by atoms with Crippen LogP contribution in [0.3, 0.4) is 0 Å². The number of benzene rings is 3. The highest BCUT2D eigenvalue weighted by Crippen LogP contribution is 2.33. The number of aliphatic imine (C=N–C) groups is 1. The predicted molar refractivity (Wildman–Crippen MR) is 140 cm³/mol. The van der Waals surface area contributed by atoms with E-state index in [1.165, 1.54) is 25.3 Å². The van der Waals surface area contributed by atoms with Gasteiger partial charge in [0.25, 0.3) is 5.91 Å². The van der Waals surface area contributed by atoms with Gasteiger partial charge in [-0.05, 0) is 73.5 Å². The molecule has 8 heteroatoms. The van der Waals surface area contributed by atoms with Gasteiger partial charge < -0.3 is 10.1 Å². The first-order valence-corrected chi connectivity index (χ1v) is 11.9. The molecule has 0 unspecified atom stereocenters. The van der Waals surface area contributed by atoms with Gasteiger partial charge in [-0.15, -0.1) is 0 Å². The van der Waals surface area contributed by atoms with Crippen LogP contribution < -0.4 is 10.1 Å². The number of allylic oxidation sites excluding steroid dienone is 1. The minimum Gasteiger partial charge on any atom is -0.494 e. The molecule has 37 heavy (non-hydrogen) atoms. The van der Waals surface area contributed by atoms with Crippen molar-refractivity contribution in [3.05, 3.63) is 90.1 Å². The zero-order chi connectivity index (χ0) is 25.8. The summed E-state index contributed by atoms with van der Waals surface area (Å²) in [7, 11) is 1.39. The lowest BCUT2D eigenvalue weighted by Gasteiger charge is -2.13. The third kappa shape index (κ3) is 5.38. The summed E-state index contributed by atoms with van der Waals surface area (Å²) in [6.45, 7) is 0.533. The van der Waals surface area contributed by atoms with E-state index in [9.17, 15) is 13.6 Å². The highest BCUT2D eigenvalue weighted by atomic mass is 19.1. The van der Waals surface area contributed by atoms with E-state index in [2.05, 4.69) is 10.3 Å². The third-order valence-corrected chi connectivity index (χ3v) is 6.11. The number of fused-ring (bicyclic) bond motifs is 1. The molecule has 1 amide bonds. The molecule has 0 saturated carbocycles. The molecule has 0 aliphatic carbocycles. The van der Waals surface area contributed by atoms with E-state index in [1.54, 1.807) is 42.5 Å². The Balaban J connectivity index is 1.48. The number of hydrogen-bond acceptors (Lipinski definition) is 5. The standard InChI is InChI=1S/C29H24F2N4O2/c1-37-26-17-19(8-12-23(26)31)28-27(18-6-10-21(30)11-7-18)34-24-13-9-20(16-25(24)35-28)29(36)33-15-3-5-22-4-2-14-32-22/h2,6-14,16-17H,3-5,15H2,1H3,(H,33,36). The number of aromatic nitrogens is 2. The van der Waals surface area contributed by atoms with Crippen LogP contribution in [0.1, 0.15) is 29.6 Å². The number of hydrogen-bond donors (Lipinski definition) is 1. The van der Waals surface area contributed by atoms with E-state index in [-0.39, 0.29) is 17.5 Å². The summed E-state index contributed by atoms with van der Waals surface area (Å²) in [5, 5.41) is 2.94. The summed E-state index contributed by atoms with van der Waals surface area (Å²) >= 11 is 0. The summed E-state index contributed by atoms with van der Waals surface area (Å²) < 4.78 is 32.8. The molecular formula is C29H24F2N4O2. The number of ether oxygens (including phenoxy) is 1. The van der Waals surface area contributed by atoms with Gasteiger partial charge in [0, 0.05) is 41.6 Å². The maximum atomic E-state index is 14.1. The molecule has 4 aromatic rings. The van der Waals surface area contributed by atoms with Gasteiger partial charge in [-0.25, -0.2) is 18.7 Å². The molecule has 0 saturated heterocycles. The number of rotatable bonds is 8. The Bertz CT molecular complexity index is 1530. The molecule has 1 aliphatic rings. The molecule has 0 radical (unpaired) electrons. The van der Waals surface area contributed by atoms with E-state index >= 15 is 0 Å². The molecule has 2 heterocycles. The zero-order valence-corrected chi connectivity index (χ0v) is 20.2. The van der Waals surface area contributed by atoms with E-state index < -0.39 is 5.82 Å². The highest BCUT2D eigenvalue weighted by molar-refractivity contribution is 5.98. The maximum absolute atomic E-state index is 14.1. The summed E-state index contributed by atoms with van der Waals surface area (Å²) in [6, 6.07) is 15.5. The van der Waals surface area contributed by atoms with Crippen molar-refractivity contribution in [3.8, 4) is 28.3 Å². The van der Waals surface area contributed by atoms with Gasteiger partial charge in [-0.2, -0.15) is 0 Å². The number of carbonyl (C=O) groups excluding carboxylic acids is 1. The van der Waals surface area contributed by atoms with Gasteiger partial charge in [0.2, 0.25) is 0 Å². The van der Waals surface area contributed by atoms with Crippen molar-refractivity contribution in [1.29, 1.82) is 0 Å². The van der Waals surface area contributed by atoms with Gasteiger partial charge in [0.1, 0.15) is 5.82 Å². The average molecular weight is 499 g/mol. The lowest BCUT2D eigenvalue weighted by atomic mass is 10.0. The third-order valence-electron chi connectivity index (χ3n) is 6.11. The molecule has 5 rings (SSSR count). The van der Waals surface area contributed by atoms with Crippen LogP contribution in [0, 0.1) is 11.6 Å². The van der Waals surface area contributed by atoms with Gasteiger partial charge >= 0.3 is 0 Å². The van der Waals surface area contributed by atoms with Crippen molar-refractivity contribution in [3.63, 3.8) is 0 Å². The Morgan fingerprint density at radius 2 is 1.70 bits per heavy atom. The molecule has 1 N–H and O–H groups in total. The number of carbonyl (C=O) groups is 1. The normalized spacial score (nSPS) is 12.6. The van der Waals surface area contributed by atoms with Gasteiger partial charge in [-0.1, -0.05) is 6.08 Å². The first-order valence-electron chi connectivity index (χ1n) is 11.9. The van der Waals surface area contributed by atoms with Crippen LogP contribution in [0.2, 0.25) is 0 Å². The van der Waals surface area contributed by atoms with E-state index in [1.807, 2.05) is 12.3 Å². The molecule has 6 nitrogen and oxygen atoms in total. The molecular weight excluding hydrogens is 474 g/mol. The van der Waals surface area contributed by atoms with Gasteiger partial charge in [0.15, 0.2) is 11.6 Å². The zero-order valence-electron chi connectivity index (χ0n) is 20.2. The van der Waals surface area contributed by atoms with Crippen LogP contribution in [0.25, 0.3) is 33.5 Å². The molecule has 0 fully saturated rings. The van der Waals surface area contributed by atoms with E-state index in [0.717, 1.165) is 25.0 Å².